The fourth-order valence-electron chi connectivity index (χ4n) is 2.42. The number of thioether (sulfide) groups is 1. The predicted molar refractivity (Wildman–Crippen MR) is 93.8 cm³/mol. The van der Waals surface area contributed by atoms with E-state index in [9.17, 15) is 4.79 Å². The zero-order valence-corrected chi connectivity index (χ0v) is 15.3. The molecule has 8 heteroatoms. The SMILES string of the molecule is CCC(=O)Oc1nc(SCc2c(Cl)cncc2Cl)nc2c1CCC2. The highest BCUT2D eigenvalue weighted by Gasteiger charge is 2.22. The number of carbonyl (C=O) groups is 1. The van der Waals surface area contributed by atoms with Crippen molar-refractivity contribution in [1.29, 1.82) is 0 Å². The number of fused-ring (bicyclic) bond motifs is 1. The molecule has 0 N–H and O–H groups in total. The molecule has 2 aromatic heterocycles. The maximum absolute atomic E-state index is 11.6. The fraction of sp³-hybridized carbons (Fsp3) is 0.375. The molecule has 0 fully saturated rings. The van der Waals surface area contributed by atoms with E-state index in [2.05, 4.69) is 15.0 Å². The minimum absolute atomic E-state index is 0.293. The van der Waals surface area contributed by atoms with Crippen molar-refractivity contribution < 1.29 is 9.53 Å². The highest BCUT2D eigenvalue weighted by atomic mass is 35.5. The van der Waals surface area contributed by atoms with Crippen LogP contribution in [0.2, 0.25) is 10.0 Å². The molecule has 0 saturated carbocycles. The topological polar surface area (TPSA) is 65.0 Å². The number of ether oxygens (including phenoxy) is 1. The predicted octanol–water partition coefficient (Wildman–Crippen LogP) is 4.27. The minimum atomic E-state index is -0.293. The highest BCUT2D eigenvalue weighted by molar-refractivity contribution is 7.98. The molecule has 2 aromatic rings. The van der Waals surface area contributed by atoms with Crippen molar-refractivity contribution in [3.05, 3.63) is 39.3 Å². The Balaban J connectivity index is 1.83. The van der Waals surface area contributed by atoms with Crippen molar-refractivity contribution in [2.45, 2.75) is 43.5 Å². The number of nitrogens with zero attached hydrogens (tertiary/aromatic N) is 3. The van der Waals surface area contributed by atoms with E-state index in [1.54, 1.807) is 19.3 Å². The Kier molecular flexibility index (Phi) is 5.58. The first-order valence-corrected chi connectivity index (χ1v) is 9.33. The molecule has 0 unspecified atom stereocenters. The van der Waals surface area contributed by atoms with E-state index in [1.165, 1.54) is 11.8 Å². The quantitative estimate of drug-likeness (QED) is 0.436. The van der Waals surface area contributed by atoms with Gasteiger partial charge in [0.2, 0.25) is 5.88 Å². The van der Waals surface area contributed by atoms with E-state index in [1.807, 2.05) is 0 Å². The molecule has 0 amide bonds. The van der Waals surface area contributed by atoms with Crippen LogP contribution in [0.25, 0.3) is 0 Å². The van der Waals surface area contributed by atoms with Crippen molar-refractivity contribution in [3.8, 4) is 5.88 Å². The van der Waals surface area contributed by atoms with E-state index in [0.717, 1.165) is 36.1 Å². The maximum Gasteiger partial charge on any atom is 0.312 e. The lowest BCUT2D eigenvalue weighted by atomic mass is 10.2. The number of hydrogen-bond donors (Lipinski definition) is 0. The number of carbonyl (C=O) groups excluding carboxylic acids is 1. The molecule has 5 nitrogen and oxygen atoms in total. The Bertz CT molecular complexity index is 766. The van der Waals surface area contributed by atoms with Gasteiger partial charge >= 0.3 is 5.97 Å². The van der Waals surface area contributed by atoms with Crippen LogP contribution < -0.4 is 4.74 Å². The second kappa shape index (κ2) is 7.68. The molecule has 0 aromatic carbocycles. The molecule has 1 aliphatic carbocycles. The number of esters is 1. The number of halogens is 2. The van der Waals surface area contributed by atoms with Crippen LogP contribution in [0.3, 0.4) is 0 Å². The van der Waals surface area contributed by atoms with Gasteiger partial charge in [-0.05, 0) is 19.3 Å². The van der Waals surface area contributed by atoms with Crippen LogP contribution in [0, 0.1) is 0 Å². The lowest BCUT2D eigenvalue weighted by molar-refractivity contribution is -0.134. The molecule has 0 atom stereocenters. The Morgan fingerprint density at radius 2 is 2.00 bits per heavy atom. The van der Waals surface area contributed by atoms with Gasteiger partial charge in [0.05, 0.1) is 15.7 Å². The van der Waals surface area contributed by atoms with E-state index in [0.29, 0.717) is 33.3 Å². The standard InChI is InChI=1S/C16H15Cl2N3O2S/c1-2-14(22)23-15-9-4-3-5-13(9)20-16(21-15)24-8-10-11(17)6-19-7-12(10)18/h6-7H,2-5,8H2,1H3. The largest absolute Gasteiger partial charge is 0.407 e. The van der Waals surface area contributed by atoms with Crippen molar-refractivity contribution in [2.24, 2.45) is 0 Å². The van der Waals surface area contributed by atoms with Gasteiger partial charge in [-0.2, -0.15) is 4.98 Å². The van der Waals surface area contributed by atoms with Crippen LogP contribution in [0.15, 0.2) is 17.6 Å². The summed E-state index contributed by atoms with van der Waals surface area (Å²) in [5, 5.41) is 1.57. The monoisotopic (exact) mass is 383 g/mol. The molecule has 3 rings (SSSR count). The van der Waals surface area contributed by atoms with Gasteiger partial charge in [0, 0.05) is 35.7 Å². The molecule has 126 valence electrons. The molecule has 0 bridgehead atoms. The lowest BCUT2D eigenvalue weighted by Crippen LogP contribution is -2.10. The molecule has 0 radical (unpaired) electrons. The minimum Gasteiger partial charge on any atom is -0.407 e. The van der Waals surface area contributed by atoms with E-state index in [4.69, 9.17) is 27.9 Å². The van der Waals surface area contributed by atoms with Gasteiger partial charge in [-0.3, -0.25) is 9.78 Å². The summed E-state index contributed by atoms with van der Waals surface area (Å²) in [7, 11) is 0. The van der Waals surface area contributed by atoms with Gasteiger partial charge < -0.3 is 4.74 Å². The number of aryl methyl sites for hydroxylation is 1. The van der Waals surface area contributed by atoms with Crippen molar-refractivity contribution >= 4 is 40.9 Å². The number of aromatic nitrogens is 3. The number of rotatable bonds is 5. The van der Waals surface area contributed by atoms with Crippen LogP contribution in [-0.2, 0) is 23.4 Å². The number of pyridine rings is 1. The molecular formula is C16H15Cl2N3O2S. The summed E-state index contributed by atoms with van der Waals surface area (Å²) >= 11 is 13.7. The lowest BCUT2D eigenvalue weighted by Gasteiger charge is -2.10. The Morgan fingerprint density at radius 3 is 2.71 bits per heavy atom. The number of hydrogen-bond acceptors (Lipinski definition) is 6. The summed E-state index contributed by atoms with van der Waals surface area (Å²) in [5.41, 5.74) is 2.69. The molecule has 0 aliphatic heterocycles. The van der Waals surface area contributed by atoms with Crippen LogP contribution in [0.4, 0.5) is 0 Å². The van der Waals surface area contributed by atoms with E-state index < -0.39 is 0 Å². The fourth-order valence-corrected chi connectivity index (χ4v) is 3.98. The van der Waals surface area contributed by atoms with Gasteiger partial charge in [-0.1, -0.05) is 41.9 Å². The van der Waals surface area contributed by atoms with Crippen LogP contribution in [0.5, 0.6) is 5.88 Å². The van der Waals surface area contributed by atoms with Gasteiger partial charge in [-0.25, -0.2) is 4.98 Å². The Hall–Kier alpha value is -1.37. The molecule has 0 saturated heterocycles. The highest BCUT2D eigenvalue weighted by Crippen LogP contribution is 2.33. The van der Waals surface area contributed by atoms with Gasteiger partial charge in [0.25, 0.3) is 0 Å². The second-order valence-electron chi connectivity index (χ2n) is 5.29. The summed E-state index contributed by atoms with van der Waals surface area (Å²) in [6.45, 7) is 1.76. The van der Waals surface area contributed by atoms with E-state index >= 15 is 0 Å². The van der Waals surface area contributed by atoms with Crippen LogP contribution in [-0.4, -0.2) is 20.9 Å². The van der Waals surface area contributed by atoms with Gasteiger partial charge in [0.1, 0.15) is 0 Å². The smallest absolute Gasteiger partial charge is 0.312 e. The third kappa shape index (κ3) is 3.82. The zero-order valence-electron chi connectivity index (χ0n) is 13.0. The Labute approximate surface area is 154 Å². The second-order valence-corrected chi connectivity index (χ2v) is 7.05. The first kappa shape index (κ1) is 17.5. The molecule has 1 aliphatic rings. The normalized spacial score (nSPS) is 13.0. The third-order valence-corrected chi connectivity index (χ3v) is 5.20. The molecule has 2 heterocycles. The third-order valence-electron chi connectivity index (χ3n) is 3.67. The molecule has 0 spiro atoms. The summed E-state index contributed by atoms with van der Waals surface area (Å²) in [5.74, 6) is 0.609. The average molecular weight is 384 g/mol. The zero-order chi connectivity index (χ0) is 17.1. The average Bonchev–Trinajstić information content (AvgIpc) is 3.03. The molecular weight excluding hydrogens is 369 g/mol. The summed E-state index contributed by atoms with van der Waals surface area (Å²) in [6, 6.07) is 0. The maximum atomic E-state index is 11.6. The van der Waals surface area contributed by atoms with E-state index in [-0.39, 0.29) is 5.97 Å². The molecule has 24 heavy (non-hydrogen) atoms. The van der Waals surface area contributed by atoms with Crippen molar-refractivity contribution in [2.75, 3.05) is 0 Å². The first-order valence-electron chi connectivity index (χ1n) is 7.59. The summed E-state index contributed by atoms with van der Waals surface area (Å²) in [4.78, 5) is 24.6. The Morgan fingerprint density at radius 1 is 1.25 bits per heavy atom. The van der Waals surface area contributed by atoms with Gasteiger partial charge in [0.15, 0.2) is 5.16 Å². The van der Waals surface area contributed by atoms with Crippen LogP contribution in [0.1, 0.15) is 36.6 Å². The first-order chi connectivity index (χ1) is 11.6. The van der Waals surface area contributed by atoms with Crippen LogP contribution >= 0.6 is 35.0 Å². The summed E-state index contributed by atoms with van der Waals surface area (Å²) < 4.78 is 5.38. The summed E-state index contributed by atoms with van der Waals surface area (Å²) in [6.07, 6.45) is 6.14. The van der Waals surface area contributed by atoms with Crippen molar-refractivity contribution in [1.82, 2.24) is 15.0 Å². The van der Waals surface area contributed by atoms with Gasteiger partial charge in [-0.15, -0.1) is 0 Å². The van der Waals surface area contributed by atoms with Crippen molar-refractivity contribution in [3.63, 3.8) is 0 Å².